The first-order valence-corrected chi connectivity index (χ1v) is 10.4. The molecule has 9 heteroatoms. The van der Waals surface area contributed by atoms with Crippen molar-refractivity contribution in [2.45, 2.75) is 26.1 Å². The minimum absolute atomic E-state index is 0.0404. The molecular weight excluding hydrogens is 421 g/mol. The van der Waals surface area contributed by atoms with Crippen molar-refractivity contribution >= 4 is 17.6 Å². The maximum atomic E-state index is 13.1. The normalized spacial score (nSPS) is 15.8. The van der Waals surface area contributed by atoms with Crippen LogP contribution in [-0.4, -0.2) is 54.5 Å². The second kappa shape index (κ2) is 10.0. The summed E-state index contributed by atoms with van der Waals surface area (Å²) in [7, 11) is 0. The Labute approximate surface area is 185 Å². The van der Waals surface area contributed by atoms with E-state index >= 15 is 0 Å². The number of carbonyl (C=O) groups excluding carboxylic acids is 2. The smallest absolute Gasteiger partial charge is 0.331 e. The number of hydrogen-bond donors (Lipinski definition) is 2. The molecule has 1 unspecified atom stereocenters. The number of nitrogens with one attached hydrogen (secondary N) is 2. The summed E-state index contributed by atoms with van der Waals surface area (Å²) in [5.41, 5.74) is 1.02. The summed E-state index contributed by atoms with van der Waals surface area (Å²) in [5.74, 6) is -0.521. The van der Waals surface area contributed by atoms with Crippen LogP contribution in [0.25, 0.3) is 0 Å². The van der Waals surface area contributed by atoms with Gasteiger partial charge >= 0.3 is 12.2 Å². The van der Waals surface area contributed by atoms with Crippen LogP contribution in [-0.2, 0) is 11.0 Å². The van der Waals surface area contributed by atoms with Crippen molar-refractivity contribution < 1.29 is 22.8 Å². The van der Waals surface area contributed by atoms with Gasteiger partial charge in [-0.05, 0) is 37.1 Å². The molecule has 1 fully saturated rings. The second-order valence-corrected chi connectivity index (χ2v) is 7.88. The average molecular weight is 448 g/mol. The maximum absolute atomic E-state index is 13.1. The molecule has 0 aromatic heterocycles. The summed E-state index contributed by atoms with van der Waals surface area (Å²) in [6.07, 6.45) is -4.54. The summed E-state index contributed by atoms with van der Waals surface area (Å²) < 4.78 is 39.3. The minimum atomic E-state index is -4.54. The van der Waals surface area contributed by atoms with E-state index in [1.54, 1.807) is 4.90 Å². The van der Waals surface area contributed by atoms with Crippen molar-refractivity contribution in [2.75, 3.05) is 38.0 Å². The molecule has 0 bridgehead atoms. The van der Waals surface area contributed by atoms with Crippen LogP contribution < -0.4 is 10.6 Å². The Hall–Kier alpha value is -3.07. The minimum Gasteiger partial charge on any atom is -0.331 e. The molecule has 3 rings (SSSR count). The number of nitrogens with zero attached hydrogens (tertiary/aromatic N) is 2. The van der Waals surface area contributed by atoms with Crippen molar-refractivity contribution in [3.05, 3.63) is 65.2 Å². The number of amides is 3. The first-order chi connectivity index (χ1) is 15.1. The number of carbonyl (C=O) groups is 2. The van der Waals surface area contributed by atoms with Crippen LogP contribution in [0.4, 0.5) is 23.7 Å². The van der Waals surface area contributed by atoms with Gasteiger partial charge in [-0.15, -0.1) is 0 Å². The molecule has 1 heterocycles. The van der Waals surface area contributed by atoms with E-state index in [9.17, 15) is 22.8 Å². The topological polar surface area (TPSA) is 64.7 Å². The lowest BCUT2D eigenvalue weighted by Gasteiger charge is -2.35. The van der Waals surface area contributed by atoms with E-state index in [0.717, 1.165) is 17.2 Å². The van der Waals surface area contributed by atoms with Gasteiger partial charge in [-0.25, -0.2) is 4.79 Å². The van der Waals surface area contributed by atoms with Gasteiger partial charge in [-0.3, -0.25) is 9.69 Å². The van der Waals surface area contributed by atoms with Gasteiger partial charge in [0.15, 0.2) is 0 Å². The Bertz CT molecular complexity index is 956. The number of anilines is 1. The molecule has 0 radical (unpaired) electrons. The van der Waals surface area contributed by atoms with Crippen LogP contribution >= 0.6 is 0 Å². The zero-order valence-corrected chi connectivity index (χ0v) is 18.1. The molecule has 2 N–H and O–H groups in total. The van der Waals surface area contributed by atoms with Crippen molar-refractivity contribution in [2.24, 2.45) is 0 Å². The Balaban J connectivity index is 1.48. The molecule has 1 aliphatic rings. The third kappa shape index (κ3) is 6.00. The predicted molar refractivity (Wildman–Crippen MR) is 116 cm³/mol. The average Bonchev–Trinajstić information content (AvgIpc) is 2.74. The molecule has 0 spiro atoms. The predicted octanol–water partition coefficient (Wildman–Crippen LogP) is 4.04. The number of para-hydroxylation sites is 1. The quantitative estimate of drug-likeness (QED) is 0.726. The summed E-state index contributed by atoms with van der Waals surface area (Å²) in [6.45, 7) is 5.66. The zero-order chi connectivity index (χ0) is 23.3. The lowest BCUT2D eigenvalue weighted by atomic mass is 10.0. The first-order valence-electron chi connectivity index (χ1n) is 10.4. The number of aryl methyl sites for hydroxylation is 1. The van der Waals surface area contributed by atoms with E-state index in [4.69, 9.17) is 0 Å². The number of benzene rings is 2. The maximum Gasteiger partial charge on any atom is 0.418 e. The number of piperazine rings is 1. The third-order valence-corrected chi connectivity index (χ3v) is 5.53. The van der Waals surface area contributed by atoms with Gasteiger partial charge < -0.3 is 15.5 Å². The van der Waals surface area contributed by atoms with E-state index in [1.807, 2.05) is 43.0 Å². The lowest BCUT2D eigenvalue weighted by Crippen LogP contribution is -2.53. The van der Waals surface area contributed by atoms with Crippen molar-refractivity contribution in [3.63, 3.8) is 0 Å². The second-order valence-electron chi connectivity index (χ2n) is 7.88. The fourth-order valence-electron chi connectivity index (χ4n) is 3.77. The van der Waals surface area contributed by atoms with E-state index < -0.39 is 17.6 Å². The van der Waals surface area contributed by atoms with E-state index in [-0.39, 0.29) is 24.3 Å². The number of halogens is 3. The van der Waals surface area contributed by atoms with Gasteiger partial charge in [0, 0.05) is 26.2 Å². The first kappa shape index (κ1) is 23.6. The van der Waals surface area contributed by atoms with Crippen LogP contribution in [0.5, 0.6) is 0 Å². The zero-order valence-electron chi connectivity index (χ0n) is 18.1. The van der Waals surface area contributed by atoms with Crippen molar-refractivity contribution in [1.29, 1.82) is 0 Å². The van der Waals surface area contributed by atoms with Crippen LogP contribution in [0.2, 0.25) is 0 Å². The van der Waals surface area contributed by atoms with Gasteiger partial charge in [0.2, 0.25) is 5.91 Å². The van der Waals surface area contributed by atoms with Crippen LogP contribution in [0.3, 0.4) is 0 Å². The Morgan fingerprint density at radius 1 is 1.00 bits per heavy atom. The molecule has 2 aromatic carbocycles. The van der Waals surface area contributed by atoms with Crippen LogP contribution in [0.1, 0.15) is 29.7 Å². The molecular formula is C23H27F3N4O2. The van der Waals surface area contributed by atoms with Gasteiger partial charge in [0.1, 0.15) is 0 Å². The monoisotopic (exact) mass is 448 g/mol. The van der Waals surface area contributed by atoms with E-state index in [2.05, 4.69) is 10.6 Å². The van der Waals surface area contributed by atoms with Gasteiger partial charge in [0.05, 0.1) is 23.8 Å². The van der Waals surface area contributed by atoms with E-state index in [0.29, 0.717) is 26.2 Å². The fourth-order valence-corrected chi connectivity index (χ4v) is 3.77. The number of rotatable bonds is 5. The van der Waals surface area contributed by atoms with Crippen LogP contribution in [0, 0.1) is 6.92 Å². The summed E-state index contributed by atoms with van der Waals surface area (Å²) in [5, 5.41) is 5.35. The highest BCUT2D eigenvalue weighted by Crippen LogP contribution is 2.34. The summed E-state index contributed by atoms with van der Waals surface area (Å²) in [4.78, 5) is 28.4. The van der Waals surface area contributed by atoms with Gasteiger partial charge in [-0.1, -0.05) is 36.4 Å². The van der Waals surface area contributed by atoms with Crippen molar-refractivity contribution in [1.82, 2.24) is 15.1 Å². The highest BCUT2D eigenvalue weighted by Gasteiger charge is 2.33. The molecule has 32 heavy (non-hydrogen) atoms. The molecule has 2 aromatic rings. The summed E-state index contributed by atoms with van der Waals surface area (Å²) >= 11 is 0. The van der Waals surface area contributed by atoms with E-state index in [1.165, 1.54) is 18.2 Å². The van der Waals surface area contributed by atoms with Gasteiger partial charge in [-0.2, -0.15) is 13.2 Å². The molecule has 1 atom stereocenters. The largest absolute Gasteiger partial charge is 0.418 e. The fraction of sp³-hybridized carbons (Fsp3) is 0.391. The number of hydrogen-bond acceptors (Lipinski definition) is 3. The molecule has 6 nitrogen and oxygen atoms in total. The van der Waals surface area contributed by atoms with Gasteiger partial charge in [0.25, 0.3) is 0 Å². The molecule has 1 aliphatic heterocycles. The lowest BCUT2D eigenvalue weighted by molar-refractivity contribution is -0.137. The van der Waals surface area contributed by atoms with Crippen LogP contribution in [0.15, 0.2) is 48.5 Å². The van der Waals surface area contributed by atoms with Crippen molar-refractivity contribution in [3.8, 4) is 0 Å². The highest BCUT2D eigenvalue weighted by atomic mass is 19.4. The third-order valence-electron chi connectivity index (χ3n) is 5.53. The molecule has 172 valence electrons. The Kier molecular flexibility index (Phi) is 7.40. The number of urea groups is 1. The highest BCUT2D eigenvalue weighted by molar-refractivity contribution is 5.93. The molecule has 0 saturated carbocycles. The number of alkyl halides is 3. The summed E-state index contributed by atoms with van der Waals surface area (Å²) in [6, 6.07) is 12.4. The Morgan fingerprint density at radius 3 is 2.28 bits per heavy atom. The molecule has 3 amide bonds. The standard InChI is InChI=1S/C23H27F3N4O2/c1-16-7-3-4-8-18(16)17(2)27-22(32)30-13-11-29(12-14-30)15-21(31)28-20-10-6-5-9-19(20)23(24,25)26/h3-10,17H,11-15H2,1-2H3,(H,27,32)(H,28,31). The Morgan fingerprint density at radius 2 is 1.62 bits per heavy atom. The SMILES string of the molecule is Cc1ccccc1C(C)NC(=O)N1CCN(CC(=O)Nc2ccccc2C(F)(F)F)CC1. The molecule has 1 saturated heterocycles. The molecule has 0 aliphatic carbocycles.